The average Bonchev–Trinajstić information content (AvgIpc) is 3.10. The molecule has 1 spiro atoms. The molecule has 2 aliphatic rings. The quantitative estimate of drug-likeness (QED) is 0.309. The van der Waals surface area contributed by atoms with Crippen molar-refractivity contribution in [3.8, 4) is 33.8 Å². The molecule has 3 aromatic carbocycles. The zero-order valence-corrected chi connectivity index (χ0v) is 18.1. The van der Waals surface area contributed by atoms with Gasteiger partial charge in [-0.15, -0.1) is 0 Å². The molecule has 152 valence electrons. The van der Waals surface area contributed by atoms with Gasteiger partial charge < -0.3 is 0 Å². The van der Waals surface area contributed by atoms with Crippen LogP contribution in [-0.2, 0) is 5.41 Å². The van der Waals surface area contributed by atoms with E-state index >= 15 is 0 Å². The molecule has 0 radical (unpaired) electrons. The summed E-state index contributed by atoms with van der Waals surface area (Å²) in [5, 5.41) is 0.472. The normalized spacial score (nSPS) is 16.2. The highest BCUT2D eigenvalue weighted by atomic mass is 35.5. The summed E-state index contributed by atoms with van der Waals surface area (Å²) in [7, 11) is 0. The van der Waals surface area contributed by atoms with Crippen molar-refractivity contribution < 1.29 is 0 Å². The molecule has 3 heteroatoms. The van der Waals surface area contributed by atoms with Gasteiger partial charge in [0.25, 0.3) is 0 Å². The molecule has 0 aliphatic heterocycles. The largest absolute Gasteiger partial charge is 0.228 e. The maximum absolute atomic E-state index is 6.49. The molecule has 2 nitrogen and oxygen atoms in total. The lowest BCUT2D eigenvalue weighted by atomic mass is 9.68. The van der Waals surface area contributed by atoms with E-state index in [0.29, 0.717) is 11.0 Å². The fourth-order valence-corrected chi connectivity index (χ4v) is 5.87. The molecule has 4 aromatic rings. The molecule has 1 fully saturated rings. The Hall–Kier alpha value is -2.97. The van der Waals surface area contributed by atoms with Gasteiger partial charge in [0.15, 0.2) is 5.82 Å². The lowest BCUT2D eigenvalue weighted by Crippen LogP contribution is -2.27. The number of rotatable bonds is 2. The molecule has 31 heavy (non-hydrogen) atoms. The van der Waals surface area contributed by atoms with Crippen molar-refractivity contribution in [3.05, 3.63) is 95.1 Å². The van der Waals surface area contributed by atoms with Gasteiger partial charge in [-0.3, -0.25) is 0 Å². The third kappa shape index (κ3) is 2.93. The molecule has 6 rings (SSSR count). The molecule has 1 heterocycles. The van der Waals surface area contributed by atoms with E-state index in [9.17, 15) is 0 Å². The van der Waals surface area contributed by atoms with Gasteiger partial charge in [-0.25, -0.2) is 9.97 Å². The summed E-state index contributed by atoms with van der Waals surface area (Å²) in [6.07, 6.45) is 6.35. The number of hydrogen-bond donors (Lipinski definition) is 0. The number of aromatic nitrogens is 2. The first-order valence-electron chi connectivity index (χ1n) is 11.1. The molecule has 2 aliphatic carbocycles. The van der Waals surface area contributed by atoms with Gasteiger partial charge >= 0.3 is 0 Å². The second-order valence-electron chi connectivity index (χ2n) is 8.68. The second kappa shape index (κ2) is 7.32. The molecule has 0 unspecified atom stereocenters. The Labute approximate surface area is 188 Å². The first-order chi connectivity index (χ1) is 15.3. The molecular formula is C28H23ClN2. The predicted octanol–water partition coefficient (Wildman–Crippen LogP) is 7.69. The number of hydrogen-bond acceptors (Lipinski definition) is 2. The van der Waals surface area contributed by atoms with Crippen LogP contribution in [0.25, 0.3) is 33.8 Å². The third-order valence-electron chi connectivity index (χ3n) is 7.00. The zero-order valence-electron chi connectivity index (χ0n) is 17.3. The van der Waals surface area contributed by atoms with Gasteiger partial charge in [-0.1, -0.05) is 104 Å². The van der Waals surface area contributed by atoms with Gasteiger partial charge in [-0.05, 0) is 35.1 Å². The number of fused-ring (bicyclic) bond motifs is 5. The summed E-state index contributed by atoms with van der Waals surface area (Å²) in [4.78, 5) is 9.47. The molecular weight excluding hydrogens is 400 g/mol. The van der Waals surface area contributed by atoms with Gasteiger partial charge in [0.1, 0.15) is 5.15 Å². The van der Waals surface area contributed by atoms with Crippen LogP contribution in [0.5, 0.6) is 0 Å². The highest BCUT2D eigenvalue weighted by Gasteiger charge is 2.44. The van der Waals surface area contributed by atoms with Crippen LogP contribution in [0.1, 0.15) is 43.2 Å². The van der Waals surface area contributed by atoms with Crippen molar-refractivity contribution in [2.75, 3.05) is 0 Å². The Bertz CT molecular complexity index is 1270. The Morgan fingerprint density at radius 2 is 1.39 bits per heavy atom. The van der Waals surface area contributed by atoms with Crippen molar-refractivity contribution in [3.63, 3.8) is 0 Å². The van der Waals surface area contributed by atoms with Crippen LogP contribution >= 0.6 is 11.6 Å². The zero-order chi connectivity index (χ0) is 20.8. The summed E-state index contributed by atoms with van der Waals surface area (Å²) in [5.74, 6) is 0.666. The fourth-order valence-electron chi connectivity index (χ4n) is 5.68. The molecule has 1 aromatic heterocycles. The van der Waals surface area contributed by atoms with E-state index in [2.05, 4.69) is 47.4 Å². The van der Waals surface area contributed by atoms with Gasteiger partial charge in [0.2, 0.25) is 0 Å². The van der Waals surface area contributed by atoms with E-state index in [0.717, 1.165) is 16.8 Å². The second-order valence-corrected chi connectivity index (χ2v) is 9.07. The minimum atomic E-state index is 0.138. The first-order valence-corrected chi connectivity index (χ1v) is 11.5. The van der Waals surface area contributed by atoms with E-state index in [-0.39, 0.29) is 5.41 Å². The Morgan fingerprint density at radius 1 is 0.677 bits per heavy atom. The molecule has 0 N–H and O–H groups in total. The summed E-state index contributed by atoms with van der Waals surface area (Å²) < 4.78 is 0. The Balaban J connectivity index is 1.59. The number of benzene rings is 3. The smallest absolute Gasteiger partial charge is 0.161 e. The summed E-state index contributed by atoms with van der Waals surface area (Å²) in [6.45, 7) is 0. The van der Waals surface area contributed by atoms with Gasteiger partial charge in [0, 0.05) is 22.6 Å². The van der Waals surface area contributed by atoms with Crippen molar-refractivity contribution in [1.29, 1.82) is 0 Å². The lowest BCUT2D eigenvalue weighted by Gasteiger charge is -2.36. The lowest BCUT2D eigenvalue weighted by molar-refractivity contribution is 0.353. The Morgan fingerprint density at radius 3 is 2.23 bits per heavy atom. The van der Waals surface area contributed by atoms with Crippen molar-refractivity contribution in [2.24, 2.45) is 0 Å². The molecule has 0 saturated heterocycles. The molecule has 1 saturated carbocycles. The number of nitrogens with zero attached hydrogens (tertiary/aromatic N) is 2. The van der Waals surface area contributed by atoms with E-state index in [4.69, 9.17) is 16.6 Å². The van der Waals surface area contributed by atoms with Crippen LogP contribution < -0.4 is 0 Å². The number of halogens is 1. The van der Waals surface area contributed by atoms with Crippen molar-refractivity contribution in [2.45, 2.75) is 37.5 Å². The van der Waals surface area contributed by atoms with Crippen molar-refractivity contribution >= 4 is 11.6 Å². The first kappa shape index (κ1) is 18.8. The van der Waals surface area contributed by atoms with Crippen LogP contribution in [0.15, 0.2) is 78.9 Å². The summed E-state index contributed by atoms with van der Waals surface area (Å²) in [6, 6.07) is 27.6. The predicted molar refractivity (Wildman–Crippen MR) is 127 cm³/mol. The highest BCUT2D eigenvalue weighted by molar-refractivity contribution is 6.29. The fraction of sp³-hybridized carbons (Fsp3) is 0.214. The molecule has 0 amide bonds. The third-order valence-corrected chi connectivity index (χ3v) is 7.20. The van der Waals surface area contributed by atoms with Gasteiger partial charge in [0.05, 0.1) is 5.69 Å². The minimum Gasteiger partial charge on any atom is -0.228 e. The highest BCUT2D eigenvalue weighted by Crippen LogP contribution is 2.57. The topological polar surface area (TPSA) is 25.8 Å². The van der Waals surface area contributed by atoms with E-state index in [1.807, 2.05) is 36.4 Å². The maximum Gasteiger partial charge on any atom is 0.161 e. The minimum absolute atomic E-state index is 0.138. The average molecular weight is 423 g/mol. The van der Waals surface area contributed by atoms with Gasteiger partial charge in [-0.2, -0.15) is 0 Å². The SMILES string of the molecule is Clc1cc(-c2cccc3c2-c2ccccc2C32CCCCC2)nc(-c2ccccc2)n1. The van der Waals surface area contributed by atoms with E-state index in [1.165, 1.54) is 54.4 Å². The Kier molecular flexibility index (Phi) is 4.43. The summed E-state index contributed by atoms with van der Waals surface area (Å²) in [5.41, 5.74) is 8.77. The van der Waals surface area contributed by atoms with E-state index < -0.39 is 0 Å². The standard InChI is InChI=1S/C28H23ClN2/c29-25-18-24(30-27(31-25)19-10-3-1-4-11-19)21-13-9-15-23-26(21)20-12-5-6-14-22(20)28(23)16-7-2-8-17-28/h1,3-6,9-15,18H,2,7-8,16-17H2. The monoisotopic (exact) mass is 422 g/mol. The summed E-state index contributed by atoms with van der Waals surface area (Å²) >= 11 is 6.49. The van der Waals surface area contributed by atoms with Crippen molar-refractivity contribution in [1.82, 2.24) is 9.97 Å². The van der Waals surface area contributed by atoms with Crippen LogP contribution in [-0.4, -0.2) is 9.97 Å². The van der Waals surface area contributed by atoms with Crippen LogP contribution in [0.4, 0.5) is 0 Å². The van der Waals surface area contributed by atoms with Crippen LogP contribution in [0, 0.1) is 0 Å². The van der Waals surface area contributed by atoms with Crippen LogP contribution in [0.2, 0.25) is 5.15 Å². The molecule has 0 atom stereocenters. The van der Waals surface area contributed by atoms with Crippen LogP contribution in [0.3, 0.4) is 0 Å². The van der Waals surface area contributed by atoms with E-state index in [1.54, 1.807) is 0 Å². The maximum atomic E-state index is 6.49. The molecule has 0 bridgehead atoms.